The van der Waals surface area contributed by atoms with Gasteiger partial charge in [-0.15, -0.1) is 0 Å². The van der Waals surface area contributed by atoms with E-state index in [9.17, 15) is 4.79 Å². The summed E-state index contributed by atoms with van der Waals surface area (Å²) >= 11 is 0. The molecule has 0 saturated heterocycles. The number of rotatable bonds is 2. The number of fused-ring (bicyclic) bond motifs is 3. The van der Waals surface area contributed by atoms with E-state index in [0.717, 1.165) is 35.9 Å². The first-order valence-corrected chi connectivity index (χ1v) is 5.93. The summed E-state index contributed by atoms with van der Waals surface area (Å²) in [4.78, 5) is 15.1. The van der Waals surface area contributed by atoms with Crippen LogP contribution < -0.4 is 0 Å². The zero-order chi connectivity index (χ0) is 11.8. The first-order valence-electron chi connectivity index (χ1n) is 5.93. The van der Waals surface area contributed by atoms with Crippen molar-refractivity contribution in [2.24, 2.45) is 0 Å². The molecule has 3 heterocycles. The van der Waals surface area contributed by atoms with Crippen LogP contribution >= 0.6 is 0 Å². The fraction of sp³-hybridized carbons (Fsp3) is 0.385. The van der Waals surface area contributed by atoms with E-state index in [-0.39, 0.29) is 6.42 Å². The van der Waals surface area contributed by atoms with Crippen LogP contribution in [0.4, 0.5) is 0 Å². The van der Waals surface area contributed by atoms with Crippen LogP contribution in [0.3, 0.4) is 0 Å². The maximum atomic E-state index is 11.0. The summed E-state index contributed by atoms with van der Waals surface area (Å²) in [5.74, 6) is -0.769. The van der Waals surface area contributed by atoms with Crippen molar-refractivity contribution in [3.05, 3.63) is 29.7 Å². The van der Waals surface area contributed by atoms with Crippen LogP contribution in [-0.4, -0.2) is 20.6 Å². The summed E-state index contributed by atoms with van der Waals surface area (Å²) in [5, 5.41) is 10.0. The smallest absolute Gasteiger partial charge is 0.307 e. The van der Waals surface area contributed by atoms with Crippen molar-refractivity contribution in [1.29, 1.82) is 0 Å². The highest BCUT2D eigenvalue weighted by molar-refractivity contribution is 5.88. The molecule has 1 N–H and O–H groups in total. The van der Waals surface area contributed by atoms with Gasteiger partial charge in [-0.25, -0.2) is 0 Å². The SMILES string of the molecule is O=C(O)Cc1c2n(c3ccncc13)CCCC2. The van der Waals surface area contributed by atoms with Crippen molar-refractivity contribution in [1.82, 2.24) is 9.55 Å². The molecule has 0 saturated carbocycles. The van der Waals surface area contributed by atoms with Gasteiger partial charge in [0.15, 0.2) is 0 Å². The molecule has 0 amide bonds. The number of hydrogen-bond acceptors (Lipinski definition) is 2. The predicted molar refractivity (Wildman–Crippen MR) is 64.0 cm³/mol. The summed E-state index contributed by atoms with van der Waals surface area (Å²) in [6, 6.07) is 1.98. The Morgan fingerprint density at radius 1 is 1.47 bits per heavy atom. The van der Waals surface area contributed by atoms with Crippen LogP contribution in [0.25, 0.3) is 10.9 Å². The van der Waals surface area contributed by atoms with Gasteiger partial charge in [-0.1, -0.05) is 0 Å². The van der Waals surface area contributed by atoms with Gasteiger partial charge >= 0.3 is 5.97 Å². The first-order chi connectivity index (χ1) is 8.27. The van der Waals surface area contributed by atoms with Gasteiger partial charge in [0, 0.05) is 30.0 Å². The van der Waals surface area contributed by atoms with Crippen molar-refractivity contribution in [3.63, 3.8) is 0 Å². The third kappa shape index (κ3) is 1.60. The normalized spacial score (nSPS) is 14.8. The van der Waals surface area contributed by atoms with Crippen molar-refractivity contribution >= 4 is 16.9 Å². The summed E-state index contributed by atoms with van der Waals surface area (Å²) in [6.07, 6.45) is 6.97. The van der Waals surface area contributed by atoms with Gasteiger partial charge in [0.1, 0.15) is 0 Å². The Balaban J connectivity index is 2.27. The zero-order valence-corrected chi connectivity index (χ0v) is 9.52. The summed E-state index contributed by atoms with van der Waals surface area (Å²) in [6.45, 7) is 0.996. The van der Waals surface area contributed by atoms with Gasteiger partial charge in [-0.05, 0) is 30.9 Å². The molecular weight excluding hydrogens is 216 g/mol. The van der Waals surface area contributed by atoms with Gasteiger partial charge in [0.05, 0.1) is 11.9 Å². The van der Waals surface area contributed by atoms with Crippen molar-refractivity contribution in [2.75, 3.05) is 0 Å². The number of carboxylic acid groups (broad SMARTS) is 1. The Morgan fingerprint density at radius 3 is 3.18 bits per heavy atom. The second-order valence-corrected chi connectivity index (χ2v) is 4.50. The van der Waals surface area contributed by atoms with Crippen LogP contribution in [0.2, 0.25) is 0 Å². The molecule has 0 fully saturated rings. The highest BCUT2D eigenvalue weighted by Crippen LogP contribution is 2.30. The van der Waals surface area contributed by atoms with E-state index in [0.29, 0.717) is 0 Å². The topological polar surface area (TPSA) is 55.1 Å². The fourth-order valence-corrected chi connectivity index (χ4v) is 2.77. The molecule has 0 unspecified atom stereocenters. The average Bonchev–Trinajstić information content (AvgIpc) is 2.65. The van der Waals surface area contributed by atoms with Crippen LogP contribution in [0.5, 0.6) is 0 Å². The van der Waals surface area contributed by atoms with Gasteiger partial charge in [-0.3, -0.25) is 9.78 Å². The number of pyridine rings is 1. The third-order valence-electron chi connectivity index (χ3n) is 3.46. The maximum absolute atomic E-state index is 11.0. The monoisotopic (exact) mass is 230 g/mol. The Kier molecular flexibility index (Phi) is 2.35. The Morgan fingerprint density at radius 2 is 2.35 bits per heavy atom. The molecular formula is C13H14N2O2. The van der Waals surface area contributed by atoms with E-state index in [1.807, 2.05) is 6.07 Å². The molecule has 4 heteroatoms. The molecule has 1 aliphatic heterocycles. The van der Waals surface area contributed by atoms with Crippen LogP contribution in [0.1, 0.15) is 24.1 Å². The molecule has 2 aromatic heterocycles. The third-order valence-corrected chi connectivity index (χ3v) is 3.46. The van der Waals surface area contributed by atoms with E-state index in [4.69, 9.17) is 5.11 Å². The minimum absolute atomic E-state index is 0.102. The van der Waals surface area contributed by atoms with Crippen LogP contribution in [0, 0.1) is 0 Å². The van der Waals surface area contributed by atoms with Gasteiger partial charge in [0.25, 0.3) is 0 Å². The molecule has 0 aromatic carbocycles. The molecule has 88 valence electrons. The largest absolute Gasteiger partial charge is 0.481 e. The maximum Gasteiger partial charge on any atom is 0.307 e. The van der Waals surface area contributed by atoms with Gasteiger partial charge in [-0.2, -0.15) is 0 Å². The molecule has 17 heavy (non-hydrogen) atoms. The lowest BCUT2D eigenvalue weighted by Crippen LogP contribution is -2.12. The molecule has 0 radical (unpaired) electrons. The molecule has 0 aliphatic carbocycles. The van der Waals surface area contributed by atoms with Crippen molar-refractivity contribution in [2.45, 2.75) is 32.2 Å². The molecule has 1 aliphatic rings. The number of nitrogens with zero attached hydrogens (tertiary/aromatic N) is 2. The Labute approximate surface area is 98.9 Å². The lowest BCUT2D eigenvalue weighted by Gasteiger charge is -2.16. The average molecular weight is 230 g/mol. The lowest BCUT2D eigenvalue weighted by molar-refractivity contribution is -0.136. The van der Waals surface area contributed by atoms with Gasteiger partial charge in [0.2, 0.25) is 0 Å². The van der Waals surface area contributed by atoms with E-state index in [2.05, 4.69) is 9.55 Å². The summed E-state index contributed by atoms with van der Waals surface area (Å²) in [7, 11) is 0. The number of aryl methyl sites for hydroxylation is 1. The number of carbonyl (C=O) groups is 1. The van der Waals surface area contributed by atoms with Gasteiger partial charge < -0.3 is 9.67 Å². The molecule has 3 rings (SSSR count). The second-order valence-electron chi connectivity index (χ2n) is 4.50. The second kappa shape index (κ2) is 3.87. The molecule has 4 nitrogen and oxygen atoms in total. The Hall–Kier alpha value is -1.84. The number of aliphatic carboxylic acids is 1. The molecule has 0 bridgehead atoms. The van der Waals surface area contributed by atoms with E-state index < -0.39 is 5.97 Å². The number of carboxylic acids is 1. The van der Waals surface area contributed by atoms with Crippen molar-refractivity contribution < 1.29 is 9.90 Å². The highest BCUT2D eigenvalue weighted by Gasteiger charge is 2.20. The van der Waals surface area contributed by atoms with Crippen LogP contribution in [0.15, 0.2) is 18.5 Å². The molecule has 0 atom stereocenters. The molecule has 2 aromatic rings. The predicted octanol–water partition coefficient (Wildman–Crippen LogP) is 2.00. The summed E-state index contributed by atoms with van der Waals surface area (Å²) in [5.41, 5.74) is 3.29. The fourth-order valence-electron chi connectivity index (χ4n) is 2.77. The molecule has 0 spiro atoms. The quantitative estimate of drug-likeness (QED) is 0.858. The van der Waals surface area contributed by atoms with Crippen LogP contribution in [-0.2, 0) is 24.2 Å². The van der Waals surface area contributed by atoms with E-state index >= 15 is 0 Å². The number of hydrogen-bond donors (Lipinski definition) is 1. The lowest BCUT2D eigenvalue weighted by atomic mass is 10.0. The zero-order valence-electron chi connectivity index (χ0n) is 9.52. The summed E-state index contributed by atoms with van der Waals surface area (Å²) < 4.78 is 2.26. The number of aromatic nitrogens is 2. The standard InChI is InChI=1S/C13H14N2O2/c16-13(17)7-9-10-8-14-5-4-12(10)15-6-2-1-3-11(9)15/h4-5,8H,1-3,6-7H2,(H,16,17). The van der Waals surface area contributed by atoms with E-state index in [1.54, 1.807) is 12.4 Å². The minimum Gasteiger partial charge on any atom is -0.481 e. The Bertz CT molecular complexity index is 586. The highest BCUT2D eigenvalue weighted by atomic mass is 16.4. The minimum atomic E-state index is -0.769. The van der Waals surface area contributed by atoms with Crippen molar-refractivity contribution in [3.8, 4) is 0 Å². The van der Waals surface area contributed by atoms with E-state index in [1.165, 1.54) is 12.1 Å². The first kappa shape index (κ1) is 10.3.